The summed E-state index contributed by atoms with van der Waals surface area (Å²) >= 11 is 0. The maximum Gasteiger partial charge on any atom is 0.0857 e. The monoisotopic (exact) mass is 207 g/mol. The third-order valence-electron chi connectivity index (χ3n) is 3.78. The van der Waals surface area contributed by atoms with E-state index in [1.807, 2.05) is 12.1 Å². The van der Waals surface area contributed by atoms with E-state index < -0.39 is 0 Å². The van der Waals surface area contributed by atoms with Crippen LogP contribution in [0.1, 0.15) is 18.9 Å². The Morgan fingerprint density at radius 2 is 1.88 bits per heavy atom. The van der Waals surface area contributed by atoms with Crippen molar-refractivity contribution in [1.82, 2.24) is 0 Å². The lowest BCUT2D eigenvalue weighted by atomic mass is 9.90. The number of benzene rings is 2. The summed E-state index contributed by atoms with van der Waals surface area (Å²) in [5, 5.41) is 11.9. The van der Waals surface area contributed by atoms with E-state index in [1.165, 1.54) is 16.3 Å². The first-order chi connectivity index (χ1) is 7.78. The van der Waals surface area contributed by atoms with Gasteiger partial charge in [0.2, 0.25) is 0 Å². The van der Waals surface area contributed by atoms with Crippen molar-refractivity contribution in [3.8, 4) is 6.07 Å². The van der Waals surface area contributed by atoms with Crippen LogP contribution in [0.25, 0.3) is 10.8 Å². The highest BCUT2D eigenvalue weighted by Crippen LogP contribution is 2.54. The molecule has 2 aromatic rings. The van der Waals surface area contributed by atoms with E-state index in [1.54, 1.807) is 0 Å². The third kappa shape index (κ3) is 1.10. The molecule has 2 aromatic carbocycles. The number of nitrogens with zero attached hydrogens (tertiary/aromatic N) is 1. The van der Waals surface area contributed by atoms with Crippen molar-refractivity contribution in [2.24, 2.45) is 5.92 Å². The maximum atomic E-state index is 9.39. The summed E-state index contributed by atoms with van der Waals surface area (Å²) in [7, 11) is 0. The molecular weight excluding hydrogens is 194 g/mol. The third-order valence-corrected chi connectivity index (χ3v) is 3.78. The number of fused-ring (bicyclic) bond motifs is 1. The molecule has 0 amide bonds. The average Bonchev–Trinajstić information content (AvgIpc) is 3.01. The fourth-order valence-corrected chi connectivity index (χ4v) is 2.63. The molecule has 1 nitrogen and oxygen atoms in total. The van der Waals surface area contributed by atoms with Gasteiger partial charge in [-0.15, -0.1) is 0 Å². The second kappa shape index (κ2) is 3.09. The van der Waals surface area contributed by atoms with Crippen molar-refractivity contribution < 1.29 is 0 Å². The molecule has 0 heterocycles. The van der Waals surface area contributed by atoms with Crippen molar-refractivity contribution in [3.05, 3.63) is 48.0 Å². The predicted octanol–water partition coefficient (Wildman–Crippen LogP) is 3.64. The van der Waals surface area contributed by atoms with Crippen LogP contribution in [0.3, 0.4) is 0 Å². The molecule has 0 aliphatic heterocycles. The topological polar surface area (TPSA) is 23.8 Å². The highest BCUT2D eigenvalue weighted by Gasteiger charge is 2.53. The second-order valence-electron chi connectivity index (χ2n) is 4.72. The molecule has 2 unspecified atom stereocenters. The van der Waals surface area contributed by atoms with E-state index in [4.69, 9.17) is 0 Å². The highest BCUT2D eigenvalue weighted by molar-refractivity contribution is 5.87. The summed E-state index contributed by atoms with van der Waals surface area (Å²) in [4.78, 5) is 0. The maximum absolute atomic E-state index is 9.39. The zero-order chi connectivity index (χ0) is 11.2. The molecule has 3 rings (SSSR count). The molecule has 0 spiro atoms. The average molecular weight is 207 g/mol. The molecular formula is C15H13N. The molecule has 16 heavy (non-hydrogen) atoms. The summed E-state index contributed by atoms with van der Waals surface area (Å²) in [6, 6.07) is 17.1. The molecule has 0 N–H and O–H groups in total. The molecule has 0 aromatic heterocycles. The lowest BCUT2D eigenvalue weighted by molar-refractivity contribution is 0.798. The smallest absolute Gasteiger partial charge is 0.0857 e. The molecule has 1 aliphatic rings. The fraction of sp³-hybridized carbons (Fsp3) is 0.267. The van der Waals surface area contributed by atoms with Crippen LogP contribution in [0.4, 0.5) is 0 Å². The van der Waals surface area contributed by atoms with Gasteiger partial charge in [0.25, 0.3) is 0 Å². The van der Waals surface area contributed by atoms with Crippen LogP contribution in [-0.2, 0) is 5.41 Å². The molecule has 78 valence electrons. The minimum Gasteiger partial charge on any atom is -0.197 e. The first-order valence-electron chi connectivity index (χ1n) is 5.67. The Kier molecular flexibility index (Phi) is 1.82. The van der Waals surface area contributed by atoms with Gasteiger partial charge < -0.3 is 0 Å². The quantitative estimate of drug-likeness (QED) is 0.700. The summed E-state index contributed by atoms with van der Waals surface area (Å²) in [5.41, 5.74) is 0.988. The minimum absolute atomic E-state index is 0.221. The Balaban J connectivity index is 2.30. The number of hydrogen-bond donors (Lipinski definition) is 0. The summed E-state index contributed by atoms with van der Waals surface area (Å²) in [6.45, 7) is 2.16. The van der Waals surface area contributed by atoms with Gasteiger partial charge in [-0.1, -0.05) is 49.4 Å². The number of nitriles is 1. The van der Waals surface area contributed by atoms with Crippen LogP contribution in [-0.4, -0.2) is 0 Å². The molecule has 1 heteroatoms. The molecule has 0 bridgehead atoms. The lowest BCUT2D eigenvalue weighted by Crippen LogP contribution is -2.06. The first-order valence-corrected chi connectivity index (χ1v) is 5.67. The van der Waals surface area contributed by atoms with Crippen molar-refractivity contribution in [1.29, 1.82) is 5.26 Å². The molecule has 1 saturated carbocycles. The van der Waals surface area contributed by atoms with E-state index >= 15 is 0 Å². The summed E-state index contributed by atoms with van der Waals surface area (Å²) < 4.78 is 0. The van der Waals surface area contributed by atoms with Crippen LogP contribution >= 0.6 is 0 Å². The summed E-state index contributed by atoms with van der Waals surface area (Å²) in [6.07, 6.45) is 0.998. The molecule has 1 fully saturated rings. The van der Waals surface area contributed by atoms with Crippen LogP contribution in [0.2, 0.25) is 0 Å². The first kappa shape index (κ1) is 9.42. The number of hydrogen-bond acceptors (Lipinski definition) is 1. The van der Waals surface area contributed by atoms with Crippen molar-refractivity contribution >= 4 is 10.8 Å². The zero-order valence-electron chi connectivity index (χ0n) is 9.27. The van der Waals surface area contributed by atoms with E-state index in [0.717, 1.165) is 6.42 Å². The number of rotatable bonds is 1. The minimum atomic E-state index is -0.221. The van der Waals surface area contributed by atoms with Crippen molar-refractivity contribution in [2.75, 3.05) is 0 Å². The van der Waals surface area contributed by atoms with Gasteiger partial charge in [0, 0.05) is 0 Å². The molecule has 2 atom stereocenters. The van der Waals surface area contributed by atoms with Gasteiger partial charge in [0.05, 0.1) is 11.5 Å². The van der Waals surface area contributed by atoms with Crippen LogP contribution < -0.4 is 0 Å². The second-order valence-corrected chi connectivity index (χ2v) is 4.72. The van der Waals surface area contributed by atoms with Crippen LogP contribution in [0, 0.1) is 17.2 Å². The lowest BCUT2D eigenvalue weighted by Gasteiger charge is -2.11. The Morgan fingerprint density at radius 3 is 2.56 bits per heavy atom. The van der Waals surface area contributed by atoms with Crippen molar-refractivity contribution in [2.45, 2.75) is 18.8 Å². The Morgan fingerprint density at radius 1 is 1.19 bits per heavy atom. The van der Waals surface area contributed by atoms with Gasteiger partial charge in [0.1, 0.15) is 0 Å². The molecule has 0 radical (unpaired) electrons. The fourth-order valence-electron chi connectivity index (χ4n) is 2.63. The van der Waals surface area contributed by atoms with Gasteiger partial charge in [-0.2, -0.15) is 5.26 Å². The van der Waals surface area contributed by atoms with Gasteiger partial charge in [0.15, 0.2) is 0 Å². The van der Waals surface area contributed by atoms with Gasteiger partial charge in [-0.05, 0) is 28.7 Å². The van der Waals surface area contributed by atoms with Crippen LogP contribution in [0.15, 0.2) is 42.5 Å². The largest absolute Gasteiger partial charge is 0.197 e. The van der Waals surface area contributed by atoms with E-state index in [0.29, 0.717) is 5.92 Å². The van der Waals surface area contributed by atoms with E-state index in [-0.39, 0.29) is 5.41 Å². The highest BCUT2D eigenvalue weighted by atomic mass is 14.6. The zero-order valence-corrected chi connectivity index (χ0v) is 9.27. The molecule has 0 saturated heterocycles. The predicted molar refractivity (Wildman–Crippen MR) is 65.0 cm³/mol. The van der Waals surface area contributed by atoms with E-state index in [2.05, 4.69) is 43.3 Å². The van der Waals surface area contributed by atoms with Gasteiger partial charge in [-0.3, -0.25) is 0 Å². The molecule has 1 aliphatic carbocycles. The summed E-state index contributed by atoms with van der Waals surface area (Å²) in [5.74, 6) is 0.489. The van der Waals surface area contributed by atoms with E-state index in [9.17, 15) is 5.26 Å². The van der Waals surface area contributed by atoms with Gasteiger partial charge >= 0.3 is 0 Å². The Bertz CT molecular complexity index is 588. The Labute approximate surface area is 95.3 Å². The standard InChI is InChI=1S/C15H13N/c1-11-9-15(11,10-16)14-8-4-6-12-5-2-3-7-13(12)14/h2-8,11H,9H2,1H3. The van der Waals surface area contributed by atoms with Crippen molar-refractivity contribution in [3.63, 3.8) is 0 Å². The Hall–Kier alpha value is -1.81. The SMILES string of the molecule is CC1CC1(C#N)c1cccc2ccccc12. The van der Waals surface area contributed by atoms with Crippen LogP contribution in [0.5, 0.6) is 0 Å². The normalized spacial score (nSPS) is 27.6. The van der Waals surface area contributed by atoms with Gasteiger partial charge in [-0.25, -0.2) is 0 Å².